The van der Waals surface area contributed by atoms with Gasteiger partial charge < -0.3 is 5.48 Å². The predicted octanol–water partition coefficient (Wildman–Crippen LogP) is -0.918. The van der Waals surface area contributed by atoms with Crippen molar-refractivity contribution < 1.29 is 25.3 Å². The summed E-state index contributed by atoms with van der Waals surface area (Å²) in [5.41, 5.74) is 0. The van der Waals surface area contributed by atoms with E-state index in [-0.39, 0.29) is 5.48 Å². The zero-order valence-electron chi connectivity index (χ0n) is 5.63. The van der Waals surface area contributed by atoms with Gasteiger partial charge in [-0.1, -0.05) is 0 Å². The first-order valence-corrected chi connectivity index (χ1v) is 10.5. The summed E-state index contributed by atoms with van der Waals surface area (Å²) >= 11 is -0.655. The molecule has 0 spiro atoms. The van der Waals surface area contributed by atoms with Crippen molar-refractivity contribution in [2.75, 3.05) is 0 Å². The van der Waals surface area contributed by atoms with Gasteiger partial charge in [0, 0.05) is 0 Å². The molecule has 1 radical (unpaired) electrons. The molecule has 4 N–H and O–H groups in total. The van der Waals surface area contributed by atoms with Gasteiger partial charge in [-0.15, -0.1) is 0 Å². The number of carboxylic acids is 2. The van der Waals surface area contributed by atoms with Crippen molar-refractivity contribution in [2.24, 2.45) is 0 Å². The van der Waals surface area contributed by atoms with E-state index in [1.807, 2.05) is 0 Å². The molecule has 12 heavy (non-hydrogen) atoms. The SMILES string of the molecule is O.O=C(O)C1[S][Sb][S]C1C(=O)O. The van der Waals surface area contributed by atoms with Gasteiger partial charge in [0.2, 0.25) is 0 Å². The molecule has 2 atom stereocenters. The van der Waals surface area contributed by atoms with Crippen molar-refractivity contribution in [3.8, 4) is 0 Å². The molecule has 0 aromatic rings. The summed E-state index contributed by atoms with van der Waals surface area (Å²) in [4.78, 5) is 20.9. The van der Waals surface area contributed by atoms with E-state index >= 15 is 0 Å². The Morgan fingerprint density at radius 2 is 1.42 bits per heavy atom. The summed E-state index contributed by atoms with van der Waals surface area (Å²) in [5, 5.41) is 15.7. The van der Waals surface area contributed by atoms with Crippen molar-refractivity contribution >= 4 is 48.5 Å². The quantitative estimate of drug-likeness (QED) is 0.638. The maximum absolute atomic E-state index is 10.4. The minimum atomic E-state index is -0.997. The van der Waals surface area contributed by atoms with Crippen LogP contribution in [0.4, 0.5) is 0 Å². The molecule has 0 amide bonds. The standard InChI is InChI=1S/C4H6O4S2.H2O.Sb/c5-3(6)1(9)2(10)4(7)8;;/h1-2,9-10H,(H,5,6)(H,7,8);1H2;/q;;+2/p-2. The summed E-state index contributed by atoms with van der Waals surface area (Å²) in [6, 6.07) is 0. The second-order valence-electron chi connectivity index (χ2n) is 1.80. The first kappa shape index (κ1) is 12.4. The first-order valence-electron chi connectivity index (χ1n) is 2.60. The number of hydrogen-bond acceptors (Lipinski definition) is 4. The Labute approximate surface area is 83.9 Å². The Morgan fingerprint density at radius 3 is 1.67 bits per heavy atom. The molecule has 0 saturated carbocycles. The van der Waals surface area contributed by atoms with Crippen molar-refractivity contribution in [2.45, 2.75) is 10.5 Å². The zero-order valence-corrected chi connectivity index (χ0v) is 9.82. The van der Waals surface area contributed by atoms with Crippen LogP contribution in [0.15, 0.2) is 0 Å². The van der Waals surface area contributed by atoms with Crippen LogP contribution in [-0.2, 0) is 9.59 Å². The van der Waals surface area contributed by atoms with E-state index in [9.17, 15) is 9.59 Å². The van der Waals surface area contributed by atoms with Crippen molar-refractivity contribution in [1.82, 2.24) is 0 Å². The van der Waals surface area contributed by atoms with Crippen LogP contribution in [0, 0.1) is 0 Å². The van der Waals surface area contributed by atoms with E-state index in [2.05, 4.69) is 0 Å². The molecule has 8 heteroatoms. The molecule has 1 rings (SSSR count). The van der Waals surface area contributed by atoms with Crippen LogP contribution in [0.2, 0.25) is 0 Å². The molecule has 0 bridgehead atoms. The van der Waals surface area contributed by atoms with E-state index in [1.165, 1.54) is 17.7 Å². The first-order chi connectivity index (χ1) is 5.13. The third kappa shape index (κ3) is 2.72. The second kappa shape index (κ2) is 5.21. The van der Waals surface area contributed by atoms with Gasteiger partial charge in [0.1, 0.15) is 0 Å². The third-order valence-corrected chi connectivity index (χ3v) is 11.6. The summed E-state index contributed by atoms with van der Waals surface area (Å²) in [6.07, 6.45) is 0. The monoisotopic (exact) mass is 319 g/mol. The molecule has 1 aliphatic rings. The van der Waals surface area contributed by atoms with Gasteiger partial charge in [-0.05, 0) is 0 Å². The van der Waals surface area contributed by atoms with Gasteiger partial charge >= 0.3 is 78.8 Å². The van der Waals surface area contributed by atoms with E-state index in [0.717, 1.165) is 0 Å². The Hall–Kier alpha value is 0.418. The minimum absolute atomic E-state index is 0. The van der Waals surface area contributed by atoms with Crippen molar-refractivity contribution in [3.63, 3.8) is 0 Å². The van der Waals surface area contributed by atoms with Crippen LogP contribution in [-0.4, -0.2) is 56.9 Å². The fourth-order valence-corrected chi connectivity index (χ4v) is 13.6. The van der Waals surface area contributed by atoms with Crippen LogP contribution < -0.4 is 0 Å². The fraction of sp³-hybridized carbons (Fsp3) is 0.500. The van der Waals surface area contributed by atoms with E-state index < -0.39 is 41.3 Å². The van der Waals surface area contributed by atoms with E-state index in [4.69, 9.17) is 10.2 Å². The van der Waals surface area contributed by atoms with E-state index in [0.29, 0.717) is 0 Å². The van der Waals surface area contributed by atoms with Crippen LogP contribution in [0.25, 0.3) is 0 Å². The summed E-state index contributed by atoms with van der Waals surface area (Å²) < 4.78 is 0. The Balaban J connectivity index is 0.00000121. The molecule has 1 aliphatic heterocycles. The topological polar surface area (TPSA) is 106 Å². The Bertz CT molecular complexity index is 178. The van der Waals surface area contributed by atoms with Crippen LogP contribution in [0.3, 0.4) is 0 Å². The van der Waals surface area contributed by atoms with Gasteiger partial charge in [0.25, 0.3) is 0 Å². The normalized spacial score (nSPS) is 27.7. The average molecular weight is 320 g/mol. The molecule has 1 heterocycles. The van der Waals surface area contributed by atoms with Gasteiger partial charge in [-0.2, -0.15) is 0 Å². The molecule has 0 aromatic carbocycles. The molecular formula is C4H6O5S2Sb. The molecule has 0 aromatic heterocycles. The molecule has 2 unspecified atom stereocenters. The predicted molar refractivity (Wildman–Crippen MR) is 47.4 cm³/mol. The van der Waals surface area contributed by atoms with Gasteiger partial charge in [-0.25, -0.2) is 0 Å². The molecular weight excluding hydrogens is 314 g/mol. The van der Waals surface area contributed by atoms with Crippen molar-refractivity contribution in [3.05, 3.63) is 0 Å². The number of rotatable bonds is 2. The molecule has 1 saturated heterocycles. The Morgan fingerprint density at radius 1 is 1.08 bits per heavy atom. The Kier molecular flexibility index (Phi) is 5.39. The van der Waals surface area contributed by atoms with Crippen LogP contribution in [0.1, 0.15) is 0 Å². The summed E-state index contributed by atoms with van der Waals surface area (Å²) in [6.45, 7) is 0. The molecule has 69 valence electrons. The average Bonchev–Trinajstić information content (AvgIpc) is 2.32. The van der Waals surface area contributed by atoms with E-state index in [1.54, 1.807) is 0 Å². The van der Waals surface area contributed by atoms with Crippen LogP contribution in [0.5, 0.6) is 0 Å². The summed E-state index contributed by atoms with van der Waals surface area (Å²) in [5.74, 6) is -1.99. The summed E-state index contributed by atoms with van der Waals surface area (Å²) in [7, 11) is 2.64. The number of aliphatic carboxylic acids is 2. The second-order valence-corrected chi connectivity index (χ2v) is 11.3. The van der Waals surface area contributed by atoms with Gasteiger partial charge in [0.15, 0.2) is 0 Å². The zero-order chi connectivity index (χ0) is 8.43. The van der Waals surface area contributed by atoms with Gasteiger partial charge in [0.05, 0.1) is 0 Å². The fourth-order valence-electron chi connectivity index (χ4n) is 0.577. The van der Waals surface area contributed by atoms with Gasteiger partial charge in [-0.3, -0.25) is 0 Å². The third-order valence-electron chi connectivity index (χ3n) is 1.07. The maximum atomic E-state index is 10.4. The van der Waals surface area contributed by atoms with Crippen molar-refractivity contribution in [1.29, 1.82) is 0 Å². The van der Waals surface area contributed by atoms with Crippen LogP contribution >= 0.6 is 17.7 Å². The molecule has 5 nitrogen and oxygen atoms in total. The number of carbonyl (C=O) groups is 2. The number of hydrogen-bond donors (Lipinski definition) is 2. The molecule has 0 aliphatic carbocycles. The molecule has 1 fully saturated rings. The number of carboxylic acid groups (broad SMARTS) is 2.